The van der Waals surface area contributed by atoms with Crippen molar-refractivity contribution in [1.29, 1.82) is 0 Å². The number of hydrogen-bond acceptors (Lipinski definition) is 1. The van der Waals surface area contributed by atoms with Gasteiger partial charge in [0.25, 0.3) is 0 Å². The van der Waals surface area contributed by atoms with Crippen LogP contribution in [-0.2, 0) is 0 Å². The van der Waals surface area contributed by atoms with Crippen molar-refractivity contribution >= 4 is 5.65 Å². The highest BCUT2D eigenvalue weighted by Crippen LogP contribution is 1.90. The van der Waals surface area contributed by atoms with E-state index in [1.165, 1.54) is 0 Å². The molecule has 0 aromatic carbocycles. The second-order valence-electron chi connectivity index (χ2n) is 2.26. The maximum Gasteiger partial charge on any atom is 0.302 e. The number of nitrogens with zero attached hydrogens (tertiary/aromatic N) is 2. The minimum Gasteiger partial charge on any atom is -0.252 e. The Labute approximate surface area is 58.4 Å². The summed E-state index contributed by atoms with van der Waals surface area (Å²) in [6.07, 6.45) is 7.50. The van der Waals surface area contributed by atoms with Gasteiger partial charge in [-0.1, -0.05) is 0 Å². The highest BCUT2D eigenvalue weighted by atomic mass is 15.0. The van der Waals surface area contributed by atoms with Crippen molar-refractivity contribution in [1.82, 2.24) is 9.97 Å². The number of nitrogens with one attached hydrogen (secondary N) is 1. The monoisotopic (exact) mass is 134 g/mol. The van der Waals surface area contributed by atoms with E-state index in [1.54, 1.807) is 6.20 Å². The molecule has 0 radical (unpaired) electrons. The first-order chi connectivity index (χ1) is 4.88. The van der Waals surface area contributed by atoms with Gasteiger partial charge in [0.1, 0.15) is 24.3 Å². The SMILES string of the molecule is Cc1cncc2[nH]cc[n+]12. The molecule has 0 atom stereocenters. The molecule has 0 unspecified atom stereocenters. The first-order valence-corrected chi connectivity index (χ1v) is 3.17. The Morgan fingerprint density at radius 2 is 2.40 bits per heavy atom. The first-order valence-electron chi connectivity index (χ1n) is 3.17. The highest BCUT2D eigenvalue weighted by molar-refractivity contribution is 5.23. The van der Waals surface area contributed by atoms with Crippen molar-refractivity contribution in [3.05, 3.63) is 30.5 Å². The van der Waals surface area contributed by atoms with Crippen LogP contribution in [0.2, 0.25) is 0 Å². The molecule has 0 aliphatic heterocycles. The Kier molecular flexibility index (Phi) is 0.974. The summed E-state index contributed by atoms with van der Waals surface area (Å²) in [4.78, 5) is 7.09. The number of rotatable bonds is 0. The van der Waals surface area contributed by atoms with Crippen molar-refractivity contribution in [2.24, 2.45) is 0 Å². The van der Waals surface area contributed by atoms with Crippen LogP contribution in [0.4, 0.5) is 0 Å². The molecule has 0 amide bonds. The van der Waals surface area contributed by atoms with Crippen LogP contribution in [0, 0.1) is 6.92 Å². The van der Waals surface area contributed by atoms with E-state index < -0.39 is 0 Å². The fraction of sp³-hybridized carbons (Fsp3) is 0.143. The number of imidazole rings is 1. The normalized spacial score (nSPS) is 10.5. The third kappa shape index (κ3) is 0.603. The lowest BCUT2D eigenvalue weighted by Gasteiger charge is -1.87. The lowest BCUT2D eigenvalue weighted by molar-refractivity contribution is -0.518. The molecular formula is C7H8N3+. The second-order valence-corrected chi connectivity index (χ2v) is 2.26. The van der Waals surface area contributed by atoms with Gasteiger partial charge in [-0.2, -0.15) is 4.40 Å². The zero-order chi connectivity index (χ0) is 6.97. The molecule has 50 valence electrons. The molecule has 0 aliphatic rings. The molecule has 2 aromatic rings. The van der Waals surface area contributed by atoms with E-state index in [1.807, 2.05) is 29.9 Å². The van der Waals surface area contributed by atoms with Crippen LogP contribution in [0.5, 0.6) is 0 Å². The molecule has 10 heavy (non-hydrogen) atoms. The van der Waals surface area contributed by atoms with Gasteiger partial charge in [-0.15, -0.1) is 0 Å². The molecule has 1 N–H and O–H groups in total. The van der Waals surface area contributed by atoms with Crippen LogP contribution in [0.15, 0.2) is 24.8 Å². The van der Waals surface area contributed by atoms with E-state index in [2.05, 4.69) is 9.97 Å². The summed E-state index contributed by atoms with van der Waals surface area (Å²) in [5.74, 6) is 0. The van der Waals surface area contributed by atoms with E-state index in [4.69, 9.17) is 0 Å². The van der Waals surface area contributed by atoms with Crippen LogP contribution in [0.1, 0.15) is 5.69 Å². The number of fused-ring (bicyclic) bond motifs is 1. The molecule has 0 aliphatic carbocycles. The Morgan fingerprint density at radius 1 is 1.50 bits per heavy atom. The van der Waals surface area contributed by atoms with E-state index in [-0.39, 0.29) is 0 Å². The molecule has 0 saturated heterocycles. The maximum absolute atomic E-state index is 4.03. The molecule has 2 aromatic heterocycles. The fourth-order valence-corrected chi connectivity index (χ4v) is 1.03. The predicted octanol–water partition coefficient (Wildman–Crippen LogP) is 0.457. The maximum atomic E-state index is 4.03. The third-order valence-corrected chi connectivity index (χ3v) is 1.55. The summed E-state index contributed by atoms with van der Waals surface area (Å²) >= 11 is 0. The van der Waals surface area contributed by atoms with Gasteiger partial charge in [0.15, 0.2) is 0 Å². The number of aromatic nitrogens is 3. The van der Waals surface area contributed by atoms with Crippen molar-refractivity contribution in [2.45, 2.75) is 6.92 Å². The Bertz CT molecular complexity index is 350. The van der Waals surface area contributed by atoms with E-state index in [9.17, 15) is 0 Å². The summed E-state index contributed by atoms with van der Waals surface area (Å²) < 4.78 is 2.05. The fourth-order valence-electron chi connectivity index (χ4n) is 1.03. The predicted molar refractivity (Wildman–Crippen MR) is 36.5 cm³/mol. The van der Waals surface area contributed by atoms with Crippen LogP contribution in [0.25, 0.3) is 5.65 Å². The van der Waals surface area contributed by atoms with Crippen LogP contribution in [0.3, 0.4) is 0 Å². The van der Waals surface area contributed by atoms with E-state index in [0.29, 0.717) is 0 Å². The topological polar surface area (TPSA) is 32.8 Å². The van der Waals surface area contributed by atoms with Gasteiger partial charge in [-0.25, -0.2) is 4.98 Å². The molecule has 2 rings (SSSR count). The van der Waals surface area contributed by atoms with E-state index in [0.717, 1.165) is 11.3 Å². The molecule has 0 saturated carbocycles. The molecule has 3 nitrogen and oxygen atoms in total. The van der Waals surface area contributed by atoms with Crippen LogP contribution in [-0.4, -0.2) is 9.97 Å². The minimum atomic E-state index is 1.03. The number of aromatic amines is 1. The summed E-state index contributed by atoms with van der Waals surface area (Å²) in [6.45, 7) is 2.02. The zero-order valence-corrected chi connectivity index (χ0v) is 5.70. The second kappa shape index (κ2) is 1.80. The number of hydrogen-bond donors (Lipinski definition) is 1. The smallest absolute Gasteiger partial charge is 0.252 e. The van der Waals surface area contributed by atoms with Crippen LogP contribution < -0.4 is 4.40 Å². The lowest BCUT2D eigenvalue weighted by Crippen LogP contribution is -2.22. The average Bonchev–Trinajstić information content (AvgIpc) is 2.36. The summed E-state index contributed by atoms with van der Waals surface area (Å²) in [5.41, 5.74) is 2.17. The van der Waals surface area contributed by atoms with Gasteiger partial charge in [0.05, 0.1) is 6.20 Å². The van der Waals surface area contributed by atoms with Crippen molar-refractivity contribution < 1.29 is 4.40 Å². The first kappa shape index (κ1) is 5.41. The van der Waals surface area contributed by atoms with Gasteiger partial charge in [-0.3, -0.25) is 4.98 Å². The van der Waals surface area contributed by atoms with Crippen molar-refractivity contribution in [2.75, 3.05) is 0 Å². The largest absolute Gasteiger partial charge is 0.302 e. The molecule has 0 bridgehead atoms. The quantitative estimate of drug-likeness (QED) is 0.521. The molecule has 2 heterocycles. The zero-order valence-electron chi connectivity index (χ0n) is 5.70. The van der Waals surface area contributed by atoms with Gasteiger partial charge in [-0.05, 0) is 6.92 Å². The molecule has 0 fully saturated rings. The van der Waals surface area contributed by atoms with Gasteiger partial charge in [0, 0.05) is 0 Å². The van der Waals surface area contributed by atoms with Gasteiger partial charge in [0.2, 0.25) is 0 Å². The lowest BCUT2D eigenvalue weighted by atomic mass is 10.5. The molecule has 0 spiro atoms. The molecular weight excluding hydrogens is 126 g/mol. The van der Waals surface area contributed by atoms with Crippen molar-refractivity contribution in [3.63, 3.8) is 0 Å². The van der Waals surface area contributed by atoms with Gasteiger partial charge < -0.3 is 0 Å². The van der Waals surface area contributed by atoms with Crippen LogP contribution >= 0.6 is 0 Å². The minimum absolute atomic E-state index is 1.03. The summed E-state index contributed by atoms with van der Waals surface area (Å²) in [5, 5.41) is 0. The summed E-state index contributed by atoms with van der Waals surface area (Å²) in [7, 11) is 0. The van der Waals surface area contributed by atoms with Gasteiger partial charge >= 0.3 is 5.65 Å². The summed E-state index contributed by atoms with van der Waals surface area (Å²) in [6, 6.07) is 0. The third-order valence-electron chi connectivity index (χ3n) is 1.55. The molecule has 3 heteroatoms. The Balaban J connectivity index is 2.95. The Morgan fingerprint density at radius 3 is 3.20 bits per heavy atom. The standard InChI is InChI=1S/C7H7N3/c1-6-4-8-5-7-9-2-3-10(6)7/h2-5H,1H3/p+1. The average molecular weight is 134 g/mol. The van der Waals surface area contributed by atoms with Crippen molar-refractivity contribution in [3.8, 4) is 0 Å². The number of aryl methyl sites for hydroxylation is 1. The number of H-pyrrole nitrogens is 1. The van der Waals surface area contributed by atoms with E-state index >= 15 is 0 Å². The Hall–Kier alpha value is -1.38. The highest BCUT2D eigenvalue weighted by Gasteiger charge is 2.01.